The predicted octanol–water partition coefficient (Wildman–Crippen LogP) is 0.881. The van der Waals surface area contributed by atoms with Crippen molar-refractivity contribution < 1.29 is 4.39 Å². The fourth-order valence-electron chi connectivity index (χ4n) is 3.23. The lowest BCUT2D eigenvalue weighted by atomic mass is 10.1. The smallest absolute Gasteiger partial charge is 0.191 e. The lowest BCUT2D eigenvalue weighted by Crippen LogP contribution is -2.63. The van der Waals surface area contributed by atoms with Gasteiger partial charge in [0.15, 0.2) is 5.96 Å². The molecule has 1 unspecified atom stereocenters. The van der Waals surface area contributed by atoms with Crippen LogP contribution in [0.4, 0.5) is 4.39 Å². The van der Waals surface area contributed by atoms with Gasteiger partial charge in [0.2, 0.25) is 0 Å². The minimum atomic E-state index is -0.209. The Kier molecular flexibility index (Phi) is 5.46. The molecule has 126 valence electrons. The number of hydrogen-bond acceptors (Lipinski definition) is 3. The van der Waals surface area contributed by atoms with Gasteiger partial charge in [-0.25, -0.2) is 9.38 Å². The highest BCUT2D eigenvalue weighted by atomic mass is 19.1. The van der Waals surface area contributed by atoms with E-state index >= 15 is 0 Å². The van der Waals surface area contributed by atoms with Crippen molar-refractivity contribution in [3.8, 4) is 0 Å². The van der Waals surface area contributed by atoms with Gasteiger partial charge in [0.1, 0.15) is 5.82 Å². The minimum absolute atomic E-state index is 0.209. The summed E-state index contributed by atoms with van der Waals surface area (Å²) in [6.45, 7) is 10.3. The zero-order valence-electron chi connectivity index (χ0n) is 13.8. The Labute approximate surface area is 137 Å². The molecular weight excluding hydrogens is 293 g/mol. The van der Waals surface area contributed by atoms with Crippen LogP contribution in [0.2, 0.25) is 0 Å². The molecule has 2 N–H and O–H groups in total. The molecule has 23 heavy (non-hydrogen) atoms. The molecule has 0 radical (unpaired) electrons. The Bertz CT molecular complexity index is 522. The molecule has 0 saturated carbocycles. The second kappa shape index (κ2) is 7.75. The fraction of sp³-hybridized carbons (Fsp3) is 0.588. The van der Waals surface area contributed by atoms with Gasteiger partial charge in [-0.15, -0.1) is 0 Å². The van der Waals surface area contributed by atoms with Gasteiger partial charge in [0.25, 0.3) is 0 Å². The Balaban J connectivity index is 1.53. The molecule has 3 saturated heterocycles. The van der Waals surface area contributed by atoms with E-state index in [4.69, 9.17) is 0 Å². The van der Waals surface area contributed by atoms with Crippen LogP contribution in [0.3, 0.4) is 0 Å². The van der Waals surface area contributed by atoms with Crippen LogP contribution in [0.15, 0.2) is 29.3 Å². The van der Waals surface area contributed by atoms with Crippen molar-refractivity contribution in [1.29, 1.82) is 0 Å². The third-order valence-electron chi connectivity index (χ3n) is 4.57. The number of aliphatic imine (C=N–C) groups is 1. The molecule has 0 aliphatic carbocycles. The summed E-state index contributed by atoms with van der Waals surface area (Å²) >= 11 is 0. The third-order valence-corrected chi connectivity index (χ3v) is 4.57. The number of rotatable bonds is 5. The van der Waals surface area contributed by atoms with Crippen LogP contribution >= 0.6 is 0 Å². The third kappa shape index (κ3) is 4.42. The highest BCUT2D eigenvalue weighted by Gasteiger charge is 2.31. The van der Waals surface area contributed by atoms with E-state index in [2.05, 4.69) is 32.3 Å². The zero-order chi connectivity index (χ0) is 16.1. The summed E-state index contributed by atoms with van der Waals surface area (Å²) in [5.41, 5.74) is 1.01. The van der Waals surface area contributed by atoms with Crippen molar-refractivity contribution in [2.24, 2.45) is 4.99 Å². The average Bonchev–Trinajstić information content (AvgIpc) is 2.60. The second-order valence-corrected chi connectivity index (χ2v) is 6.19. The zero-order valence-corrected chi connectivity index (χ0v) is 13.8. The first-order chi connectivity index (χ1) is 11.2. The summed E-state index contributed by atoms with van der Waals surface area (Å²) in [5, 5.41) is 6.73. The number of benzene rings is 1. The number of halogens is 1. The number of piperazine rings is 3. The van der Waals surface area contributed by atoms with Crippen molar-refractivity contribution in [3.05, 3.63) is 35.6 Å². The van der Waals surface area contributed by atoms with E-state index in [1.165, 1.54) is 38.3 Å². The summed E-state index contributed by atoms with van der Waals surface area (Å²) in [4.78, 5) is 9.70. The van der Waals surface area contributed by atoms with Crippen LogP contribution in [0.1, 0.15) is 12.5 Å². The van der Waals surface area contributed by atoms with Crippen LogP contribution in [-0.4, -0.2) is 67.6 Å². The maximum atomic E-state index is 12.9. The van der Waals surface area contributed by atoms with Crippen molar-refractivity contribution in [2.45, 2.75) is 19.5 Å². The van der Waals surface area contributed by atoms with Crippen molar-refractivity contribution in [1.82, 2.24) is 20.4 Å². The molecule has 3 fully saturated rings. The standard InChI is InChI=1S/C17H26FN5/c1-2-19-17(20-11-14-3-5-15(18)6-4-14)21-12-16-13-22-7-9-23(16)10-8-22/h3-6,16H,2,7-13H2,1H3,(H2,19,20,21). The molecule has 3 aliphatic rings. The highest BCUT2D eigenvalue weighted by Crippen LogP contribution is 2.14. The average molecular weight is 319 g/mol. The summed E-state index contributed by atoms with van der Waals surface area (Å²) in [5.74, 6) is 0.619. The Morgan fingerprint density at radius 2 is 1.91 bits per heavy atom. The van der Waals surface area contributed by atoms with Crippen LogP contribution in [0.5, 0.6) is 0 Å². The lowest BCUT2D eigenvalue weighted by Gasteiger charge is -2.47. The molecule has 0 aromatic heterocycles. The van der Waals surface area contributed by atoms with Gasteiger partial charge >= 0.3 is 0 Å². The number of hydrogen-bond donors (Lipinski definition) is 2. The normalized spacial score (nSPS) is 27.0. The number of nitrogens with zero attached hydrogens (tertiary/aromatic N) is 3. The topological polar surface area (TPSA) is 42.9 Å². The molecule has 4 rings (SSSR count). The summed E-state index contributed by atoms with van der Waals surface area (Å²) < 4.78 is 12.9. The van der Waals surface area contributed by atoms with Gasteiger partial charge < -0.3 is 10.6 Å². The van der Waals surface area contributed by atoms with Gasteiger partial charge in [-0.2, -0.15) is 0 Å². The van der Waals surface area contributed by atoms with Crippen LogP contribution < -0.4 is 10.6 Å². The minimum Gasteiger partial charge on any atom is -0.357 e. The quantitative estimate of drug-likeness (QED) is 0.625. The second-order valence-electron chi connectivity index (χ2n) is 6.19. The van der Waals surface area contributed by atoms with Gasteiger partial charge in [-0.1, -0.05) is 12.1 Å². The van der Waals surface area contributed by atoms with E-state index in [9.17, 15) is 4.39 Å². The van der Waals surface area contributed by atoms with E-state index < -0.39 is 0 Å². The molecule has 0 amide bonds. The summed E-state index contributed by atoms with van der Waals surface area (Å²) in [6, 6.07) is 7.08. The predicted molar refractivity (Wildman–Crippen MR) is 91.0 cm³/mol. The van der Waals surface area contributed by atoms with Gasteiger partial charge in [0, 0.05) is 51.9 Å². The largest absolute Gasteiger partial charge is 0.357 e. The maximum Gasteiger partial charge on any atom is 0.191 e. The number of nitrogens with one attached hydrogen (secondary N) is 2. The van der Waals surface area contributed by atoms with Crippen molar-refractivity contribution >= 4 is 5.96 Å². The van der Waals surface area contributed by atoms with Crippen molar-refractivity contribution in [2.75, 3.05) is 45.8 Å². The van der Waals surface area contributed by atoms with Crippen LogP contribution in [0.25, 0.3) is 0 Å². The van der Waals surface area contributed by atoms with Gasteiger partial charge in [-0.05, 0) is 24.6 Å². The van der Waals surface area contributed by atoms with E-state index in [1.54, 1.807) is 12.1 Å². The van der Waals surface area contributed by atoms with E-state index in [0.717, 1.165) is 31.2 Å². The molecule has 3 heterocycles. The SMILES string of the molecule is CCNC(=NCc1ccc(F)cc1)NCC1CN2CCN1CC2. The van der Waals surface area contributed by atoms with Gasteiger partial charge in [-0.3, -0.25) is 9.80 Å². The monoisotopic (exact) mass is 319 g/mol. The number of fused-ring (bicyclic) bond motifs is 3. The number of guanidine groups is 1. The van der Waals surface area contributed by atoms with Gasteiger partial charge in [0.05, 0.1) is 6.54 Å². The highest BCUT2D eigenvalue weighted by molar-refractivity contribution is 5.79. The summed E-state index contributed by atoms with van der Waals surface area (Å²) in [6.07, 6.45) is 0. The first-order valence-electron chi connectivity index (χ1n) is 8.47. The molecule has 1 aromatic rings. The van der Waals surface area contributed by atoms with Crippen LogP contribution in [-0.2, 0) is 6.54 Å². The first-order valence-corrected chi connectivity index (χ1v) is 8.47. The van der Waals surface area contributed by atoms with Crippen LogP contribution in [0, 0.1) is 5.82 Å². The lowest BCUT2D eigenvalue weighted by molar-refractivity contribution is 0.0154. The van der Waals surface area contributed by atoms with E-state index in [-0.39, 0.29) is 5.82 Å². The molecule has 1 atom stereocenters. The molecule has 2 bridgehead atoms. The Hall–Kier alpha value is -1.66. The molecule has 6 heteroatoms. The molecule has 1 aromatic carbocycles. The molecule has 3 aliphatic heterocycles. The van der Waals surface area contributed by atoms with E-state index in [0.29, 0.717) is 12.6 Å². The Morgan fingerprint density at radius 1 is 1.17 bits per heavy atom. The molecule has 5 nitrogen and oxygen atoms in total. The fourth-order valence-corrected chi connectivity index (χ4v) is 3.23. The molecule has 0 spiro atoms. The maximum absolute atomic E-state index is 12.9. The van der Waals surface area contributed by atoms with E-state index in [1.807, 2.05) is 0 Å². The molecular formula is C17H26FN5. The Morgan fingerprint density at radius 3 is 2.52 bits per heavy atom. The van der Waals surface area contributed by atoms with Crippen molar-refractivity contribution in [3.63, 3.8) is 0 Å². The first kappa shape index (κ1) is 16.2. The summed E-state index contributed by atoms with van der Waals surface area (Å²) in [7, 11) is 0.